The highest BCUT2D eigenvalue weighted by Crippen LogP contribution is 2.44. The first-order chi connectivity index (χ1) is 29.7. The van der Waals surface area contributed by atoms with Crippen LogP contribution >= 0.6 is 0 Å². The van der Waals surface area contributed by atoms with Crippen molar-refractivity contribution >= 4 is 87.0 Å². The highest BCUT2D eigenvalue weighted by Gasteiger charge is 2.23. The molecule has 0 aliphatic carbocycles. The summed E-state index contributed by atoms with van der Waals surface area (Å²) in [6, 6.07) is 71.4. The predicted octanol–water partition coefficient (Wildman–Crippen LogP) is 15.1. The number of para-hydroxylation sites is 3. The molecule has 0 saturated carbocycles. The van der Waals surface area contributed by atoms with Gasteiger partial charge in [0.15, 0.2) is 0 Å². The number of rotatable bonds is 4. The van der Waals surface area contributed by atoms with Crippen LogP contribution in [0.1, 0.15) is 0 Å². The molecule has 0 radical (unpaired) electrons. The van der Waals surface area contributed by atoms with E-state index in [9.17, 15) is 0 Å². The van der Waals surface area contributed by atoms with Gasteiger partial charge in [-0.2, -0.15) is 0 Å². The highest BCUT2D eigenvalue weighted by atomic mass is 16.3. The van der Waals surface area contributed by atoms with Crippen molar-refractivity contribution in [2.24, 2.45) is 0 Å². The van der Waals surface area contributed by atoms with Crippen molar-refractivity contribution in [1.82, 2.24) is 14.5 Å². The first-order valence-electron chi connectivity index (χ1n) is 20.4. The maximum Gasteiger partial charge on any atom is 0.235 e. The van der Waals surface area contributed by atoms with Crippen LogP contribution in [0.5, 0.6) is 0 Å². The summed E-state index contributed by atoms with van der Waals surface area (Å²) in [6.07, 6.45) is 0. The molecule has 0 unspecified atom stereocenters. The standard InChI is InChI=1S/C56H33N3O/c1-2-15-39-33-50-48(32-38(39)14-1)44-22-10-21-43(45-23-11-24-47-52-42-18-6-4-13-35(42)30-31-51(52)60-55(45)47)54(44)59(50)56-57-49-25-8-7-19-46(49)53(58-56)37-28-26-36(27-29-37)41-20-9-16-34-12-3-5-17-40(34)41/h1-33H. The van der Waals surface area contributed by atoms with E-state index in [0.717, 1.165) is 82.4 Å². The van der Waals surface area contributed by atoms with E-state index in [-0.39, 0.29) is 0 Å². The number of benzene rings is 10. The van der Waals surface area contributed by atoms with Gasteiger partial charge in [-0.05, 0) is 67.7 Å². The Morgan fingerprint density at radius 3 is 1.82 bits per heavy atom. The number of furan rings is 1. The number of hydrogen-bond acceptors (Lipinski definition) is 3. The number of aromatic nitrogens is 3. The third-order valence-corrected chi connectivity index (χ3v) is 12.4. The molecule has 278 valence electrons. The van der Waals surface area contributed by atoms with Crippen LogP contribution in [0, 0.1) is 0 Å². The zero-order valence-corrected chi connectivity index (χ0v) is 32.3. The summed E-state index contributed by atoms with van der Waals surface area (Å²) < 4.78 is 9.12. The average molecular weight is 764 g/mol. The first kappa shape index (κ1) is 32.9. The summed E-state index contributed by atoms with van der Waals surface area (Å²) >= 11 is 0. The third kappa shape index (κ3) is 4.85. The molecule has 0 spiro atoms. The Kier molecular flexibility index (Phi) is 6.98. The van der Waals surface area contributed by atoms with Crippen LogP contribution in [0.25, 0.3) is 126 Å². The Hall–Kier alpha value is -8.08. The normalized spacial score (nSPS) is 12.0. The van der Waals surface area contributed by atoms with E-state index in [4.69, 9.17) is 14.4 Å². The Morgan fingerprint density at radius 1 is 0.383 bits per heavy atom. The molecule has 0 bridgehead atoms. The Labute approximate surface area is 344 Å². The lowest BCUT2D eigenvalue weighted by molar-refractivity contribution is 0.670. The van der Waals surface area contributed by atoms with Crippen LogP contribution in [0.15, 0.2) is 205 Å². The first-order valence-corrected chi connectivity index (χ1v) is 20.4. The van der Waals surface area contributed by atoms with E-state index in [0.29, 0.717) is 5.95 Å². The minimum Gasteiger partial charge on any atom is -0.455 e. The summed E-state index contributed by atoms with van der Waals surface area (Å²) in [5, 5.41) is 12.7. The van der Waals surface area contributed by atoms with Crippen molar-refractivity contribution in [1.29, 1.82) is 0 Å². The molecule has 3 aromatic heterocycles. The minimum atomic E-state index is 0.618. The zero-order valence-electron chi connectivity index (χ0n) is 32.3. The van der Waals surface area contributed by atoms with Crippen molar-refractivity contribution in [2.75, 3.05) is 0 Å². The lowest BCUT2D eigenvalue weighted by Gasteiger charge is -2.14. The van der Waals surface area contributed by atoms with E-state index in [1.54, 1.807) is 0 Å². The van der Waals surface area contributed by atoms with Crippen LogP contribution in [-0.2, 0) is 0 Å². The maximum absolute atomic E-state index is 6.84. The van der Waals surface area contributed by atoms with E-state index in [1.807, 2.05) is 0 Å². The van der Waals surface area contributed by atoms with Gasteiger partial charge in [0, 0.05) is 43.6 Å². The second-order valence-electron chi connectivity index (χ2n) is 15.7. The van der Waals surface area contributed by atoms with Crippen molar-refractivity contribution in [3.05, 3.63) is 200 Å². The molecule has 0 atom stereocenters. The fourth-order valence-corrected chi connectivity index (χ4v) is 9.63. The monoisotopic (exact) mass is 763 g/mol. The van der Waals surface area contributed by atoms with Gasteiger partial charge in [-0.1, -0.05) is 176 Å². The zero-order chi connectivity index (χ0) is 39.3. The van der Waals surface area contributed by atoms with Gasteiger partial charge < -0.3 is 4.42 Å². The maximum atomic E-state index is 6.84. The Morgan fingerprint density at radius 2 is 0.983 bits per heavy atom. The summed E-state index contributed by atoms with van der Waals surface area (Å²) in [6.45, 7) is 0. The van der Waals surface area contributed by atoms with Crippen molar-refractivity contribution in [3.8, 4) is 39.5 Å². The highest BCUT2D eigenvalue weighted by molar-refractivity contribution is 6.23. The van der Waals surface area contributed by atoms with Gasteiger partial charge in [0.1, 0.15) is 11.2 Å². The molecule has 0 aliphatic rings. The SMILES string of the molecule is c1ccc2cc3c(cc2c1)c1cccc(-c2cccc4c2oc2ccc5ccccc5c24)c1n3-c1nc(-c2ccc(-c3cccc4ccccc34)cc2)c2ccccc2n1. The molecule has 13 aromatic rings. The van der Waals surface area contributed by atoms with Crippen molar-refractivity contribution in [3.63, 3.8) is 0 Å². The van der Waals surface area contributed by atoms with Gasteiger partial charge in [-0.25, -0.2) is 9.97 Å². The summed E-state index contributed by atoms with van der Waals surface area (Å²) in [7, 11) is 0. The third-order valence-electron chi connectivity index (χ3n) is 12.4. The number of nitrogens with zero attached hydrogens (tertiary/aromatic N) is 3. The van der Waals surface area contributed by atoms with Crippen LogP contribution in [0.3, 0.4) is 0 Å². The summed E-state index contributed by atoms with van der Waals surface area (Å²) in [5.41, 5.74) is 11.1. The molecular weight excluding hydrogens is 731 g/mol. The van der Waals surface area contributed by atoms with Gasteiger partial charge in [0.05, 0.1) is 22.2 Å². The second kappa shape index (κ2) is 12.7. The van der Waals surface area contributed by atoms with Gasteiger partial charge in [0.2, 0.25) is 5.95 Å². The van der Waals surface area contributed by atoms with Crippen molar-refractivity contribution < 1.29 is 4.42 Å². The average Bonchev–Trinajstić information content (AvgIpc) is 3.86. The predicted molar refractivity (Wildman–Crippen MR) is 250 cm³/mol. The van der Waals surface area contributed by atoms with E-state index >= 15 is 0 Å². The molecule has 60 heavy (non-hydrogen) atoms. The van der Waals surface area contributed by atoms with Crippen LogP contribution in [0.4, 0.5) is 0 Å². The van der Waals surface area contributed by atoms with Crippen LogP contribution in [-0.4, -0.2) is 14.5 Å². The molecule has 4 nitrogen and oxygen atoms in total. The molecule has 0 saturated heterocycles. The minimum absolute atomic E-state index is 0.618. The topological polar surface area (TPSA) is 43.9 Å². The Balaban J connectivity index is 1.09. The molecule has 13 rings (SSSR count). The summed E-state index contributed by atoms with van der Waals surface area (Å²) in [4.78, 5) is 10.9. The smallest absolute Gasteiger partial charge is 0.235 e. The molecule has 0 N–H and O–H groups in total. The van der Waals surface area contributed by atoms with Gasteiger partial charge >= 0.3 is 0 Å². The van der Waals surface area contributed by atoms with Gasteiger partial charge in [-0.15, -0.1) is 0 Å². The van der Waals surface area contributed by atoms with Crippen LogP contribution in [0.2, 0.25) is 0 Å². The Bertz CT molecular complexity index is 3890. The lowest BCUT2D eigenvalue weighted by atomic mass is 9.96. The van der Waals surface area contributed by atoms with E-state index in [1.165, 1.54) is 38.1 Å². The van der Waals surface area contributed by atoms with E-state index < -0.39 is 0 Å². The summed E-state index contributed by atoms with van der Waals surface area (Å²) in [5.74, 6) is 0.618. The van der Waals surface area contributed by atoms with E-state index in [2.05, 4.69) is 205 Å². The molecular formula is C56H33N3O. The molecule has 10 aromatic carbocycles. The lowest BCUT2D eigenvalue weighted by Crippen LogP contribution is -2.04. The molecule has 4 heteroatoms. The second-order valence-corrected chi connectivity index (χ2v) is 15.7. The fraction of sp³-hybridized carbons (Fsp3) is 0. The van der Waals surface area contributed by atoms with Gasteiger partial charge in [-0.3, -0.25) is 4.57 Å². The molecule has 0 amide bonds. The van der Waals surface area contributed by atoms with Crippen molar-refractivity contribution in [2.45, 2.75) is 0 Å². The molecule has 0 aliphatic heterocycles. The van der Waals surface area contributed by atoms with Crippen LogP contribution < -0.4 is 0 Å². The fourth-order valence-electron chi connectivity index (χ4n) is 9.63. The molecule has 0 fully saturated rings. The quantitative estimate of drug-likeness (QED) is 0.179. The number of fused-ring (bicyclic) bond motifs is 11. The largest absolute Gasteiger partial charge is 0.455 e. The number of hydrogen-bond donors (Lipinski definition) is 0. The van der Waals surface area contributed by atoms with Gasteiger partial charge in [0.25, 0.3) is 0 Å². The molecule has 3 heterocycles.